The van der Waals surface area contributed by atoms with Crippen LogP contribution in [-0.4, -0.2) is 40.4 Å². The molecule has 1 heterocycles. The second kappa shape index (κ2) is 9.80. The molecule has 144 valence electrons. The Morgan fingerprint density at radius 1 is 1.04 bits per heavy atom. The number of allylic oxidation sites excluding steroid dienone is 1. The molecule has 0 aromatic heterocycles. The molecule has 1 aromatic carbocycles. The van der Waals surface area contributed by atoms with Gasteiger partial charge in [0.15, 0.2) is 5.78 Å². The number of hydrogen-bond acceptors (Lipinski definition) is 4. The van der Waals surface area contributed by atoms with Crippen LogP contribution in [0.5, 0.6) is 0 Å². The Bertz CT molecular complexity index is 740. The third-order valence-corrected chi connectivity index (χ3v) is 4.57. The van der Waals surface area contributed by atoms with E-state index >= 15 is 0 Å². The molecule has 0 spiro atoms. The summed E-state index contributed by atoms with van der Waals surface area (Å²) in [6.07, 6.45) is 6.01. The molecule has 0 unspecified atom stereocenters. The first kappa shape index (κ1) is 20.6. The van der Waals surface area contributed by atoms with Crippen molar-refractivity contribution in [3.8, 4) is 0 Å². The molecule has 1 aromatic rings. The fraction of sp³-hybridized carbons (Fsp3) is 0.429. The topological polar surface area (TPSA) is 74.8 Å². The van der Waals surface area contributed by atoms with Crippen LogP contribution < -0.4 is 0 Å². The SMILES string of the molecule is CCCCCCCC(=O)N1C=C(N(C)C(=O)c2ccccc2)C(=O)CC1=O. The molecule has 0 bridgehead atoms. The number of likely N-dealkylation sites (N-methyl/N-ethyl adjacent to an activating group) is 1. The van der Waals surface area contributed by atoms with Crippen molar-refractivity contribution in [3.63, 3.8) is 0 Å². The van der Waals surface area contributed by atoms with Crippen molar-refractivity contribution >= 4 is 23.5 Å². The zero-order chi connectivity index (χ0) is 19.8. The van der Waals surface area contributed by atoms with Gasteiger partial charge in [-0.25, -0.2) is 0 Å². The second-order valence-electron chi connectivity index (χ2n) is 6.67. The average molecular weight is 370 g/mol. The largest absolute Gasteiger partial charge is 0.307 e. The van der Waals surface area contributed by atoms with E-state index in [1.807, 2.05) is 0 Å². The van der Waals surface area contributed by atoms with Gasteiger partial charge in [-0.05, 0) is 18.6 Å². The highest BCUT2D eigenvalue weighted by atomic mass is 16.2. The van der Waals surface area contributed by atoms with Crippen molar-refractivity contribution in [1.82, 2.24) is 9.80 Å². The summed E-state index contributed by atoms with van der Waals surface area (Å²) in [5.41, 5.74) is 0.488. The van der Waals surface area contributed by atoms with E-state index in [0.29, 0.717) is 12.0 Å². The number of amides is 3. The highest BCUT2D eigenvalue weighted by molar-refractivity contribution is 6.15. The number of carbonyl (C=O) groups is 4. The normalized spacial score (nSPS) is 14.1. The standard InChI is InChI=1S/C21H26N2O4/c1-3-4-5-6-10-13-19(25)23-15-17(18(24)14-20(23)26)22(2)21(27)16-11-8-7-9-12-16/h7-9,11-12,15H,3-6,10,13-14H2,1-2H3. The van der Waals surface area contributed by atoms with E-state index in [1.54, 1.807) is 30.3 Å². The van der Waals surface area contributed by atoms with Gasteiger partial charge < -0.3 is 4.90 Å². The molecule has 0 saturated heterocycles. The van der Waals surface area contributed by atoms with Gasteiger partial charge in [-0.3, -0.25) is 24.1 Å². The van der Waals surface area contributed by atoms with Crippen LogP contribution in [0.4, 0.5) is 0 Å². The summed E-state index contributed by atoms with van der Waals surface area (Å²) in [7, 11) is 1.47. The summed E-state index contributed by atoms with van der Waals surface area (Å²) in [5, 5.41) is 0. The minimum absolute atomic E-state index is 0.0581. The number of Topliss-reactive ketones (excluding diaryl/α,β-unsaturated/α-hetero) is 1. The molecular weight excluding hydrogens is 344 g/mol. The molecule has 3 amide bonds. The molecule has 2 rings (SSSR count). The molecule has 1 aliphatic rings. The number of ketones is 1. The Hall–Kier alpha value is -2.76. The third-order valence-electron chi connectivity index (χ3n) is 4.57. The van der Waals surface area contributed by atoms with Crippen LogP contribution in [0.3, 0.4) is 0 Å². The lowest BCUT2D eigenvalue weighted by atomic mass is 10.1. The minimum atomic E-state index is -0.539. The molecule has 0 atom stereocenters. The second-order valence-corrected chi connectivity index (χ2v) is 6.67. The lowest BCUT2D eigenvalue weighted by molar-refractivity contribution is -0.143. The monoisotopic (exact) mass is 370 g/mol. The van der Waals surface area contributed by atoms with E-state index in [2.05, 4.69) is 6.92 Å². The average Bonchev–Trinajstić information content (AvgIpc) is 2.67. The van der Waals surface area contributed by atoms with Gasteiger partial charge in [-0.2, -0.15) is 0 Å². The Labute approximate surface area is 159 Å². The quantitative estimate of drug-likeness (QED) is 0.520. The summed E-state index contributed by atoms with van der Waals surface area (Å²) >= 11 is 0. The summed E-state index contributed by atoms with van der Waals surface area (Å²) in [5.74, 6) is -1.69. The summed E-state index contributed by atoms with van der Waals surface area (Å²) in [6, 6.07) is 8.56. The number of imide groups is 1. The van der Waals surface area contributed by atoms with E-state index in [4.69, 9.17) is 0 Å². The maximum Gasteiger partial charge on any atom is 0.258 e. The summed E-state index contributed by atoms with van der Waals surface area (Å²) in [4.78, 5) is 51.5. The van der Waals surface area contributed by atoms with E-state index in [9.17, 15) is 19.2 Å². The Kier molecular flexibility index (Phi) is 7.46. The molecule has 0 saturated carbocycles. The van der Waals surface area contributed by atoms with Gasteiger partial charge in [0.05, 0.1) is 6.42 Å². The van der Waals surface area contributed by atoms with E-state index < -0.39 is 18.1 Å². The number of unbranched alkanes of at least 4 members (excludes halogenated alkanes) is 4. The molecule has 1 aliphatic heterocycles. The summed E-state index contributed by atoms with van der Waals surface area (Å²) in [6.45, 7) is 2.12. The highest BCUT2D eigenvalue weighted by Crippen LogP contribution is 2.19. The van der Waals surface area contributed by atoms with Crippen molar-refractivity contribution in [1.29, 1.82) is 0 Å². The zero-order valence-electron chi connectivity index (χ0n) is 15.9. The Morgan fingerprint density at radius 2 is 1.70 bits per heavy atom. The molecule has 0 radical (unpaired) electrons. The van der Waals surface area contributed by atoms with E-state index in [-0.39, 0.29) is 23.9 Å². The van der Waals surface area contributed by atoms with Gasteiger partial charge in [0.25, 0.3) is 5.91 Å². The van der Waals surface area contributed by atoms with Crippen LogP contribution in [0.1, 0.15) is 62.2 Å². The van der Waals surface area contributed by atoms with Crippen molar-refractivity contribution in [2.24, 2.45) is 0 Å². The maximum atomic E-state index is 12.6. The van der Waals surface area contributed by atoms with Crippen LogP contribution >= 0.6 is 0 Å². The van der Waals surface area contributed by atoms with Gasteiger partial charge in [-0.1, -0.05) is 50.8 Å². The molecule has 0 fully saturated rings. The fourth-order valence-corrected chi connectivity index (χ4v) is 2.95. The zero-order valence-corrected chi connectivity index (χ0v) is 15.9. The van der Waals surface area contributed by atoms with Gasteiger partial charge in [0.1, 0.15) is 5.70 Å². The van der Waals surface area contributed by atoms with Crippen molar-refractivity contribution in [3.05, 3.63) is 47.8 Å². The lowest BCUT2D eigenvalue weighted by Crippen LogP contribution is -2.42. The maximum absolute atomic E-state index is 12.6. The summed E-state index contributed by atoms with van der Waals surface area (Å²) < 4.78 is 0. The van der Waals surface area contributed by atoms with Gasteiger partial charge in [0.2, 0.25) is 11.8 Å². The van der Waals surface area contributed by atoms with E-state index in [1.165, 1.54) is 18.1 Å². The first-order valence-corrected chi connectivity index (χ1v) is 9.38. The lowest BCUT2D eigenvalue weighted by Gasteiger charge is -2.27. The first-order chi connectivity index (χ1) is 13.0. The number of nitrogens with zero attached hydrogens (tertiary/aromatic N) is 2. The number of benzene rings is 1. The van der Waals surface area contributed by atoms with Gasteiger partial charge >= 0.3 is 0 Å². The van der Waals surface area contributed by atoms with Crippen molar-refractivity contribution in [2.45, 2.75) is 51.9 Å². The fourth-order valence-electron chi connectivity index (χ4n) is 2.95. The molecular formula is C21H26N2O4. The smallest absolute Gasteiger partial charge is 0.258 e. The molecule has 0 aliphatic carbocycles. The van der Waals surface area contributed by atoms with Crippen LogP contribution in [0.25, 0.3) is 0 Å². The predicted molar refractivity (Wildman–Crippen MR) is 101 cm³/mol. The predicted octanol–water partition coefficient (Wildman–Crippen LogP) is 3.29. The molecule has 6 heteroatoms. The van der Waals surface area contributed by atoms with Crippen molar-refractivity contribution < 1.29 is 19.2 Å². The molecule has 0 N–H and O–H groups in total. The van der Waals surface area contributed by atoms with Gasteiger partial charge in [-0.15, -0.1) is 0 Å². The van der Waals surface area contributed by atoms with Crippen LogP contribution in [0.2, 0.25) is 0 Å². The first-order valence-electron chi connectivity index (χ1n) is 9.38. The number of hydrogen-bond donors (Lipinski definition) is 0. The van der Waals surface area contributed by atoms with E-state index in [0.717, 1.165) is 30.6 Å². The Balaban J connectivity index is 2.09. The molecule has 27 heavy (non-hydrogen) atoms. The molecule has 6 nitrogen and oxygen atoms in total. The Morgan fingerprint density at radius 3 is 2.37 bits per heavy atom. The van der Waals surface area contributed by atoms with Crippen LogP contribution in [-0.2, 0) is 14.4 Å². The number of carbonyl (C=O) groups excluding carboxylic acids is 4. The van der Waals surface area contributed by atoms with Crippen LogP contribution in [0, 0.1) is 0 Å². The third kappa shape index (κ3) is 5.36. The number of rotatable bonds is 8. The van der Waals surface area contributed by atoms with Crippen molar-refractivity contribution in [2.75, 3.05) is 7.05 Å². The van der Waals surface area contributed by atoms with Crippen LogP contribution in [0.15, 0.2) is 42.2 Å². The minimum Gasteiger partial charge on any atom is -0.307 e. The van der Waals surface area contributed by atoms with Gasteiger partial charge in [0, 0.05) is 25.2 Å². The highest BCUT2D eigenvalue weighted by Gasteiger charge is 2.32.